The van der Waals surface area contributed by atoms with E-state index in [1.54, 1.807) is 24.9 Å². The third-order valence-corrected chi connectivity index (χ3v) is 7.87. The van der Waals surface area contributed by atoms with Gasteiger partial charge in [-0.2, -0.15) is 0 Å². The van der Waals surface area contributed by atoms with E-state index in [9.17, 15) is 5.11 Å². The molecule has 1 aliphatic heterocycles. The summed E-state index contributed by atoms with van der Waals surface area (Å²) in [5.74, 6) is 1.81. The maximum absolute atomic E-state index is 10.9. The number of hydrogen-bond acceptors (Lipinski definition) is 11. The number of aromatic nitrogens is 4. The van der Waals surface area contributed by atoms with Crippen LogP contribution in [0, 0.1) is 0 Å². The first kappa shape index (κ1) is 22.3. The van der Waals surface area contributed by atoms with Gasteiger partial charge in [-0.3, -0.25) is 0 Å². The van der Waals surface area contributed by atoms with Crippen molar-refractivity contribution in [3.63, 3.8) is 0 Å². The number of ether oxygens (including phenoxy) is 4. The molecule has 0 saturated carbocycles. The molecule has 6 rings (SSSR count). The van der Waals surface area contributed by atoms with Crippen LogP contribution >= 0.6 is 22.7 Å². The molecule has 182 valence electrons. The average molecular weight is 515 g/mol. The minimum absolute atomic E-state index is 0.246. The van der Waals surface area contributed by atoms with E-state index in [1.165, 1.54) is 22.7 Å². The Morgan fingerprint density at radius 1 is 1.14 bits per heavy atom. The van der Waals surface area contributed by atoms with Gasteiger partial charge in [-0.1, -0.05) is 0 Å². The van der Waals surface area contributed by atoms with Crippen molar-refractivity contribution in [2.24, 2.45) is 0 Å². The molecule has 0 amide bonds. The molecular formula is C23H22N4O6S2. The number of aliphatic hydroxyl groups is 1. The third kappa shape index (κ3) is 4.12. The van der Waals surface area contributed by atoms with E-state index in [4.69, 9.17) is 23.4 Å². The molecule has 1 fully saturated rings. The van der Waals surface area contributed by atoms with Crippen LogP contribution in [-0.2, 0) is 16.9 Å². The van der Waals surface area contributed by atoms with Crippen LogP contribution in [0.2, 0.25) is 0 Å². The first-order valence-electron chi connectivity index (χ1n) is 10.9. The number of fused-ring (bicyclic) bond motifs is 2. The van der Waals surface area contributed by atoms with E-state index in [2.05, 4.69) is 15.1 Å². The number of benzene rings is 1. The molecule has 1 saturated heterocycles. The van der Waals surface area contributed by atoms with Crippen molar-refractivity contribution in [2.45, 2.75) is 25.0 Å². The Morgan fingerprint density at radius 2 is 2.00 bits per heavy atom. The number of rotatable bonds is 7. The van der Waals surface area contributed by atoms with E-state index in [-0.39, 0.29) is 6.61 Å². The summed E-state index contributed by atoms with van der Waals surface area (Å²) >= 11 is 2.79. The molecule has 1 aliphatic rings. The lowest BCUT2D eigenvalue weighted by atomic mass is 9.95. The zero-order valence-electron chi connectivity index (χ0n) is 19.0. The zero-order valence-corrected chi connectivity index (χ0v) is 20.6. The number of hydrogen-bond donors (Lipinski definition) is 1. The molecule has 12 heteroatoms. The summed E-state index contributed by atoms with van der Waals surface area (Å²) < 4.78 is 29.9. The molecule has 0 unspecified atom stereocenters. The van der Waals surface area contributed by atoms with Crippen LogP contribution in [0.1, 0.15) is 23.5 Å². The largest absolute Gasteiger partial charge is 0.496 e. The molecule has 5 heterocycles. The molecule has 0 radical (unpaired) electrons. The second-order valence-electron chi connectivity index (χ2n) is 8.15. The number of imidazole rings is 1. The molecule has 4 aromatic heterocycles. The summed E-state index contributed by atoms with van der Waals surface area (Å²) in [4.78, 5) is 9.94. The number of furan rings is 1. The SMILES string of the molecule is COc1cc(OCc2csc(C3(O)CCOCC3)n2)c2cc(-c3cn4nc(OC)sc4n3)oc2c1. The standard InChI is InChI=1S/C23H22N4O6S2/c1-29-14-7-17(32-11-13-12-34-20(24-13)23(28)3-5-31-6-4-23)15-9-19(33-18(15)8-14)16-10-27-21(25-16)35-22(26-27)30-2/h7-10,12,28H,3-6,11H2,1-2H3. The summed E-state index contributed by atoms with van der Waals surface area (Å²) in [6.45, 7) is 1.31. The van der Waals surface area contributed by atoms with Crippen LogP contribution in [0.15, 0.2) is 34.2 Å². The van der Waals surface area contributed by atoms with Crippen molar-refractivity contribution in [1.29, 1.82) is 0 Å². The Balaban J connectivity index is 1.27. The lowest BCUT2D eigenvalue weighted by Crippen LogP contribution is -2.33. The second kappa shape index (κ2) is 8.79. The first-order chi connectivity index (χ1) is 17.0. The van der Waals surface area contributed by atoms with Gasteiger partial charge >= 0.3 is 0 Å². The zero-order chi connectivity index (χ0) is 24.0. The molecule has 1 aromatic carbocycles. The third-order valence-electron chi connectivity index (χ3n) is 5.91. The van der Waals surface area contributed by atoms with Crippen LogP contribution in [0.3, 0.4) is 0 Å². The van der Waals surface area contributed by atoms with E-state index in [1.807, 2.05) is 23.6 Å². The minimum Gasteiger partial charge on any atom is -0.496 e. The number of thiazole rings is 1. The van der Waals surface area contributed by atoms with E-state index in [0.717, 1.165) is 11.1 Å². The molecule has 0 bridgehead atoms. The highest BCUT2D eigenvalue weighted by Gasteiger charge is 2.34. The smallest absolute Gasteiger partial charge is 0.294 e. The van der Waals surface area contributed by atoms with Gasteiger partial charge in [-0.05, 0) is 17.4 Å². The second-order valence-corrected chi connectivity index (χ2v) is 9.93. The minimum atomic E-state index is -0.930. The van der Waals surface area contributed by atoms with Crippen molar-refractivity contribution in [3.8, 4) is 28.1 Å². The van der Waals surface area contributed by atoms with Gasteiger partial charge in [0, 0.05) is 43.6 Å². The Hall–Kier alpha value is -3.19. The summed E-state index contributed by atoms with van der Waals surface area (Å²) in [6, 6.07) is 5.52. The maximum Gasteiger partial charge on any atom is 0.294 e. The average Bonchev–Trinajstić information content (AvgIpc) is 3.65. The fraction of sp³-hybridized carbons (Fsp3) is 0.348. The molecular weight excluding hydrogens is 492 g/mol. The van der Waals surface area contributed by atoms with Gasteiger partial charge < -0.3 is 28.5 Å². The van der Waals surface area contributed by atoms with Crippen LogP contribution in [0.5, 0.6) is 16.7 Å². The molecule has 10 nitrogen and oxygen atoms in total. The summed E-state index contributed by atoms with van der Waals surface area (Å²) in [6.07, 6.45) is 2.88. The van der Waals surface area contributed by atoms with Crippen LogP contribution in [-0.4, -0.2) is 52.1 Å². The summed E-state index contributed by atoms with van der Waals surface area (Å²) in [5.41, 5.74) is 1.09. The highest BCUT2D eigenvalue weighted by atomic mass is 32.1. The van der Waals surface area contributed by atoms with Gasteiger partial charge in [0.1, 0.15) is 40.0 Å². The highest BCUT2D eigenvalue weighted by molar-refractivity contribution is 7.18. The van der Waals surface area contributed by atoms with Gasteiger partial charge in [-0.25, -0.2) is 14.5 Å². The topological polar surface area (TPSA) is 113 Å². The highest BCUT2D eigenvalue weighted by Crippen LogP contribution is 2.38. The number of methoxy groups -OCH3 is 2. The molecule has 0 aliphatic carbocycles. The van der Waals surface area contributed by atoms with E-state index < -0.39 is 5.60 Å². The normalized spacial score (nSPS) is 15.6. The van der Waals surface area contributed by atoms with Crippen molar-refractivity contribution in [1.82, 2.24) is 19.6 Å². The molecule has 5 aromatic rings. The number of nitrogens with zero attached hydrogens (tertiary/aromatic N) is 4. The lowest BCUT2D eigenvalue weighted by molar-refractivity contribution is -0.0681. The van der Waals surface area contributed by atoms with Crippen LogP contribution < -0.4 is 14.2 Å². The van der Waals surface area contributed by atoms with Crippen molar-refractivity contribution in [2.75, 3.05) is 27.4 Å². The Labute approximate surface area is 207 Å². The maximum atomic E-state index is 10.9. The predicted octanol–water partition coefficient (Wildman–Crippen LogP) is 4.25. The molecule has 0 atom stereocenters. The summed E-state index contributed by atoms with van der Waals surface area (Å²) in [7, 11) is 3.17. The van der Waals surface area contributed by atoms with E-state index in [0.29, 0.717) is 69.8 Å². The van der Waals surface area contributed by atoms with Gasteiger partial charge in [0.15, 0.2) is 5.76 Å². The van der Waals surface area contributed by atoms with Crippen LogP contribution in [0.4, 0.5) is 0 Å². The van der Waals surface area contributed by atoms with Crippen molar-refractivity contribution in [3.05, 3.63) is 40.5 Å². The molecule has 0 spiro atoms. The van der Waals surface area contributed by atoms with Gasteiger partial charge in [-0.15, -0.1) is 16.4 Å². The summed E-state index contributed by atoms with van der Waals surface area (Å²) in [5, 5.41) is 19.2. The molecule has 35 heavy (non-hydrogen) atoms. The van der Waals surface area contributed by atoms with Crippen molar-refractivity contribution >= 4 is 38.6 Å². The van der Waals surface area contributed by atoms with Gasteiger partial charge in [0.2, 0.25) is 4.96 Å². The predicted molar refractivity (Wildman–Crippen MR) is 130 cm³/mol. The van der Waals surface area contributed by atoms with Crippen molar-refractivity contribution < 1.29 is 28.5 Å². The van der Waals surface area contributed by atoms with Gasteiger partial charge in [0.05, 0.1) is 31.5 Å². The van der Waals surface area contributed by atoms with E-state index >= 15 is 0 Å². The fourth-order valence-corrected chi connectivity index (χ4v) is 5.65. The first-order valence-corrected chi connectivity index (χ1v) is 12.6. The van der Waals surface area contributed by atoms with Crippen LogP contribution in [0.25, 0.3) is 27.4 Å². The Kier molecular flexibility index (Phi) is 5.60. The van der Waals surface area contributed by atoms with Gasteiger partial charge in [0.25, 0.3) is 5.19 Å². The lowest BCUT2D eigenvalue weighted by Gasteiger charge is -2.29. The monoisotopic (exact) mass is 514 g/mol. The Bertz CT molecular complexity index is 1470. The Morgan fingerprint density at radius 3 is 2.77 bits per heavy atom. The fourth-order valence-electron chi connectivity index (χ4n) is 3.99. The quantitative estimate of drug-likeness (QED) is 0.340. The molecule has 1 N–H and O–H groups in total.